The van der Waals surface area contributed by atoms with E-state index in [1.165, 1.54) is 12.1 Å². The fourth-order valence-corrected chi connectivity index (χ4v) is 1.92. The van der Waals surface area contributed by atoms with Crippen molar-refractivity contribution in [2.45, 2.75) is 19.4 Å². The largest absolute Gasteiger partial charge is 0.382 e. The van der Waals surface area contributed by atoms with Crippen molar-refractivity contribution in [2.24, 2.45) is 0 Å². The van der Waals surface area contributed by atoms with Crippen LogP contribution >= 0.6 is 11.6 Å². The SMILES string of the molecule is COCCOCCCCNCc1cc([N+](=O)[O-])ccc1Cl. The number of nitro benzene ring substituents is 1. The summed E-state index contributed by atoms with van der Waals surface area (Å²) >= 11 is 6.02. The van der Waals surface area contributed by atoms with Gasteiger partial charge in [0.1, 0.15) is 0 Å². The van der Waals surface area contributed by atoms with Crippen molar-refractivity contribution in [3.63, 3.8) is 0 Å². The van der Waals surface area contributed by atoms with Gasteiger partial charge in [-0.1, -0.05) is 11.6 Å². The number of methoxy groups -OCH3 is 1. The molecule has 7 heteroatoms. The maximum Gasteiger partial charge on any atom is 0.269 e. The van der Waals surface area contributed by atoms with Crippen LogP contribution in [0.1, 0.15) is 18.4 Å². The summed E-state index contributed by atoms with van der Waals surface area (Å²) in [7, 11) is 1.65. The summed E-state index contributed by atoms with van der Waals surface area (Å²) < 4.78 is 10.2. The van der Waals surface area contributed by atoms with E-state index in [4.69, 9.17) is 21.1 Å². The van der Waals surface area contributed by atoms with Gasteiger partial charge < -0.3 is 14.8 Å². The van der Waals surface area contributed by atoms with Crippen LogP contribution in [0.2, 0.25) is 5.02 Å². The van der Waals surface area contributed by atoms with Gasteiger partial charge in [-0.05, 0) is 31.0 Å². The van der Waals surface area contributed by atoms with E-state index >= 15 is 0 Å². The molecule has 1 aromatic carbocycles. The van der Waals surface area contributed by atoms with Crippen molar-refractivity contribution in [1.29, 1.82) is 0 Å². The van der Waals surface area contributed by atoms with Crippen LogP contribution in [0.4, 0.5) is 5.69 Å². The molecule has 1 rings (SSSR count). The van der Waals surface area contributed by atoms with E-state index in [9.17, 15) is 10.1 Å². The number of nitrogens with one attached hydrogen (secondary N) is 1. The highest BCUT2D eigenvalue weighted by Crippen LogP contribution is 2.21. The van der Waals surface area contributed by atoms with Crippen molar-refractivity contribution < 1.29 is 14.4 Å². The second-order valence-corrected chi connectivity index (χ2v) is 4.93. The van der Waals surface area contributed by atoms with Crippen molar-refractivity contribution >= 4 is 17.3 Å². The van der Waals surface area contributed by atoms with Crippen LogP contribution in [-0.4, -0.2) is 38.4 Å². The highest BCUT2D eigenvalue weighted by molar-refractivity contribution is 6.31. The van der Waals surface area contributed by atoms with Crippen LogP contribution in [0.25, 0.3) is 0 Å². The first-order valence-corrected chi connectivity index (χ1v) is 7.23. The number of rotatable bonds is 11. The summed E-state index contributed by atoms with van der Waals surface area (Å²) in [5.41, 5.74) is 0.796. The third-order valence-electron chi connectivity index (χ3n) is 2.88. The molecule has 0 radical (unpaired) electrons. The fourth-order valence-electron chi connectivity index (χ4n) is 1.73. The van der Waals surface area contributed by atoms with Crippen LogP contribution in [0, 0.1) is 10.1 Å². The number of hydrogen-bond acceptors (Lipinski definition) is 5. The number of unbranched alkanes of at least 4 members (excludes halogenated alkanes) is 1. The Hall–Kier alpha value is -1.21. The Morgan fingerprint density at radius 2 is 2.10 bits per heavy atom. The first-order chi connectivity index (χ1) is 10.1. The molecular formula is C14H21ClN2O4. The van der Waals surface area contributed by atoms with Gasteiger partial charge in [-0.2, -0.15) is 0 Å². The van der Waals surface area contributed by atoms with Crippen LogP contribution in [0.5, 0.6) is 0 Å². The van der Waals surface area contributed by atoms with E-state index in [1.807, 2.05) is 0 Å². The molecule has 0 spiro atoms. The predicted molar refractivity (Wildman–Crippen MR) is 81.7 cm³/mol. The summed E-state index contributed by atoms with van der Waals surface area (Å²) in [4.78, 5) is 10.3. The minimum atomic E-state index is -0.419. The monoisotopic (exact) mass is 316 g/mol. The Morgan fingerprint density at radius 1 is 1.29 bits per heavy atom. The van der Waals surface area contributed by atoms with Gasteiger partial charge in [-0.3, -0.25) is 10.1 Å². The summed E-state index contributed by atoms with van der Waals surface area (Å²) in [6.45, 7) is 3.27. The number of nitro groups is 1. The maximum atomic E-state index is 10.7. The number of ether oxygens (including phenoxy) is 2. The Morgan fingerprint density at radius 3 is 2.81 bits per heavy atom. The molecule has 0 aliphatic rings. The fraction of sp³-hybridized carbons (Fsp3) is 0.571. The molecule has 0 saturated heterocycles. The normalized spacial score (nSPS) is 10.8. The van der Waals surface area contributed by atoms with Crippen molar-refractivity contribution in [3.05, 3.63) is 38.9 Å². The standard InChI is InChI=1S/C14H21ClN2O4/c1-20-8-9-21-7-3-2-6-16-11-12-10-13(17(18)19)4-5-14(12)15/h4-5,10,16H,2-3,6-9,11H2,1H3. The molecule has 118 valence electrons. The Bertz CT molecular complexity index is 443. The molecule has 0 aliphatic carbocycles. The average Bonchev–Trinajstić information content (AvgIpc) is 2.47. The molecule has 0 bridgehead atoms. The number of nitrogens with zero attached hydrogens (tertiary/aromatic N) is 1. The molecule has 21 heavy (non-hydrogen) atoms. The zero-order valence-electron chi connectivity index (χ0n) is 12.1. The quantitative estimate of drug-likeness (QED) is 0.386. The zero-order chi connectivity index (χ0) is 15.5. The first-order valence-electron chi connectivity index (χ1n) is 6.85. The van der Waals surface area contributed by atoms with Gasteiger partial charge in [0, 0.05) is 37.4 Å². The number of hydrogen-bond donors (Lipinski definition) is 1. The molecule has 6 nitrogen and oxygen atoms in total. The van der Waals surface area contributed by atoms with E-state index < -0.39 is 4.92 Å². The third kappa shape index (κ3) is 7.38. The molecule has 1 N–H and O–H groups in total. The van der Waals surface area contributed by atoms with Crippen molar-refractivity contribution in [1.82, 2.24) is 5.32 Å². The number of non-ortho nitro benzene ring substituents is 1. The molecule has 0 saturated carbocycles. The van der Waals surface area contributed by atoms with Crippen molar-refractivity contribution in [3.8, 4) is 0 Å². The minimum Gasteiger partial charge on any atom is -0.382 e. The summed E-state index contributed by atoms with van der Waals surface area (Å²) in [6, 6.07) is 4.47. The van der Waals surface area contributed by atoms with Gasteiger partial charge in [0.2, 0.25) is 0 Å². The van der Waals surface area contributed by atoms with Crippen LogP contribution in [-0.2, 0) is 16.0 Å². The molecule has 0 heterocycles. The lowest BCUT2D eigenvalue weighted by molar-refractivity contribution is -0.384. The predicted octanol–water partition coefficient (Wildman–Crippen LogP) is 2.78. The van der Waals surface area contributed by atoms with Gasteiger partial charge in [-0.25, -0.2) is 0 Å². The third-order valence-corrected chi connectivity index (χ3v) is 3.25. The smallest absolute Gasteiger partial charge is 0.269 e. The molecule has 0 amide bonds. The topological polar surface area (TPSA) is 73.6 Å². The highest BCUT2D eigenvalue weighted by atomic mass is 35.5. The van der Waals surface area contributed by atoms with E-state index in [-0.39, 0.29) is 5.69 Å². The molecular weight excluding hydrogens is 296 g/mol. The molecule has 0 fully saturated rings. The van der Waals surface area contributed by atoms with Gasteiger partial charge in [0.05, 0.1) is 18.1 Å². The van der Waals surface area contributed by atoms with E-state index in [1.54, 1.807) is 13.2 Å². The van der Waals surface area contributed by atoms with Gasteiger partial charge in [-0.15, -0.1) is 0 Å². The Labute approximate surface area is 129 Å². The maximum absolute atomic E-state index is 10.7. The van der Waals surface area contributed by atoms with Crippen LogP contribution in [0.3, 0.4) is 0 Å². The first kappa shape index (κ1) is 17.8. The van der Waals surface area contributed by atoms with E-state index in [2.05, 4.69) is 5.32 Å². The number of benzene rings is 1. The second kappa shape index (κ2) is 10.5. The number of halogens is 1. The molecule has 1 aromatic rings. The average molecular weight is 317 g/mol. The van der Waals surface area contributed by atoms with Crippen LogP contribution in [0.15, 0.2) is 18.2 Å². The Balaban J connectivity index is 2.18. The van der Waals surface area contributed by atoms with Gasteiger partial charge >= 0.3 is 0 Å². The molecule has 0 atom stereocenters. The van der Waals surface area contributed by atoms with E-state index in [0.717, 1.165) is 24.9 Å². The summed E-state index contributed by atoms with van der Waals surface area (Å²) in [6.07, 6.45) is 1.93. The molecule has 0 aliphatic heterocycles. The second-order valence-electron chi connectivity index (χ2n) is 4.52. The minimum absolute atomic E-state index is 0.0581. The molecule has 0 aromatic heterocycles. The lowest BCUT2D eigenvalue weighted by Crippen LogP contribution is -2.16. The van der Waals surface area contributed by atoms with E-state index in [0.29, 0.717) is 31.4 Å². The zero-order valence-corrected chi connectivity index (χ0v) is 12.9. The van der Waals surface area contributed by atoms with Crippen LogP contribution < -0.4 is 5.32 Å². The Kier molecular flexibility index (Phi) is 8.93. The lowest BCUT2D eigenvalue weighted by atomic mass is 10.2. The summed E-state index contributed by atoms with van der Waals surface area (Å²) in [5, 5.41) is 14.5. The van der Waals surface area contributed by atoms with Gasteiger partial charge in [0.15, 0.2) is 0 Å². The van der Waals surface area contributed by atoms with Gasteiger partial charge in [0.25, 0.3) is 5.69 Å². The highest BCUT2D eigenvalue weighted by Gasteiger charge is 2.09. The van der Waals surface area contributed by atoms with Crippen molar-refractivity contribution in [2.75, 3.05) is 33.5 Å². The lowest BCUT2D eigenvalue weighted by Gasteiger charge is -2.07. The molecule has 0 unspecified atom stereocenters. The summed E-state index contributed by atoms with van der Waals surface area (Å²) in [5.74, 6) is 0.